The topological polar surface area (TPSA) is 141 Å². The molecule has 2 amide bonds. The first kappa shape index (κ1) is 25.4. The number of hydrogen-bond donors (Lipinski definition) is 0. The Labute approximate surface area is 221 Å². The van der Waals surface area contributed by atoms with E-state index in [0.717, 1.165) is 33.5 Å². The van der Waals surface area contributed by atoms with Gasteiger partial charge in [-0.1, -0.05) is 47.2 Å². The maximum Gasteiger partial charge on any atom is 0.301 e. The number of hydrogen-bond acceptors (Lipinski definition) is 9. The summed E-state index contributed by atoms with van der Waals surface area (Å²) >= 11 is 18.4. The van der Waals surface area contributed by atoms with Crippen molar-refractivity contribution in [3.63, 3.8) is 0 Å². The highest BCUT2D eigenvalue weighted by molar-refractivity contribution is 8.26. The van der Waals surface area contributed by atoms with Gasteiger partial charge in [-0.05, 0) is 30.3 Å². The minimum Gasteiger partial charge on any atom is -0.274 e. The molecule has 1 aromatic heterocycles. The lowest BCUT2D eigenvalue weighted by atomic mass is 10.1. The SMILES string of the molecule is CC(=O)N1C(=O)/C(=C/c2cn(-c3ccc([N+](=O)[O-])cc3[N+](=O)[O-])nc2-c2ccc(Cl)cc2Cl)SC1=S. The van der Waals surface area contributed by atoms with Crippen molar-refractivity contribution in [1.29, 1.82) is 0 Å². The minimum absolute atomic E-state index is 0.0585. The molecule has 1 saturated heterocycles. The standard InChI is InChI=1S/C21H11Cl2N5O6S2/c1-10(29)26-20(30)18(36-21(26)35)6-11-9-25(24-19(11)14-4-2-12(22)7-15(14)23)16-5-3-13(27(31)32)8-17(16)28(33)34/h2-9H,1H3/b18-6-. The summed E-state index contributed by atoms with van der Waals surface area (Å²) in [6.07, 6.45) is 2.83. The van der Waals surface area contributed by atoms with Gasteiger partial charge < -0.3 is 0 Å². The number of imide groups is 1. The molecule has 11 nitrogen and oxygen atoms in total. The number of rotatable bonds is 5. The number of halogens is 2. The molecule has 15 heteroatoms. The number of non-ortho nitro benzene ring substituents is 1. The highest BCUT2D eigenvalue weighted by Crippen LogP contribution is 2.38. The Morgan fingerprint density at radius 1 is 1.14 bits per heavy atom. The van der Waals surface area contributed by atoms with Crippen LogP contribution in [0.3, 0.4) is 0 Å². The third kappa shape index (κ3) is 4.73. The lowest BCUT2D eigenvalue weighted by Gasteiger charge is -2.07. The summed E-state index contributed by atoms with van der Waals surface area (Å²) in [5.41, 5.74) is -0.138. The normalized spacial score (nSPS) is 14.5. The molecule has 2 heterocycles. The summed E-state index contributed by atoms with van der Waals surface area (Å²) in [5.74, 6) is -1.17. The Kier molecular flexibility index (Phi) is 6.91. The number of benzene rings is 2. The molecule has 1 aliphatic rings. The molecule has 3 aromatic rings. The van der Waals surface area contributed by atoms with Crippen LogP contribution >= 0.6 is 47.2 Å². The number of carbonyl (C=O) groups is 2. The second kappa shape index (κ2) is 9.78. The molecule has 2 aromatic carbocycles. The number of aromatic nitrogens is 2. The zero-order valence-corrected chi connectivity index (χ0v) is 21.0. The molecule has 0 spiro atoms. The average molecular weight is 564 g/mol. The van der Waals surface area contributed by atoms with Gasteiger partial charge in [-0.15, -0.1) is 0 Å². The van der Waals surface area contributed by atoms with Crippen LogP contribution in [0, 0.1) is 20.2 Å². The molecule has 4 rings (SSSR count). The largest absolute Gasteiger partial charge is 0.301 e. The molecule has 1 fully saturated rings. The lowest BCUT2D eigenvalue weighted by Crippen LogP contribution is -2.32. The Bertz CT molecular complexity index is 1540. The molecule has 36 heavy (non-hydrogen) atoms. The number of nitrogens with zero attached hydrogens (tertiary/aromatic N) is 5. The minimum atomic E-state index is -0.767. The Morgan fingerprint density at radius 2 is 1.86 bits per heavy atom. The van der Waals surface area contributed by atoms with Gasteiger partial charge >= 0.3 is 5.69 Å². The summed E-state index contributed by atoms with van der Waals surface area (Å²) < 4.78 is 1.21. The molecule has 0 bridgehead atoms. The summed E-state index contributed by atoms with van der Waals surface area (Å²) in [5, 5.41) is 27.8. The Hall–Kier alpha value is -3.65. The van der Waals surface area contributed by atoms with E-state index < -0.39 is 33.0 Å². The zero-order valence-electron chi connectivity index (χ0n) is 17.9. The quantitative estimate of drug-likeness (QED) is 0.172. The highest BCUT2D eigenvalue weighted by Gasteiger charge is 2.35. The van der Waals surface area contributed by atoms with E-state index >= 15 is 0 Å². The first-order chi connectivity index (χ1) is 17.0. The number of nitro benzene ring substituents is 2. The number of amides is 2. The fourth-order valence-corrected chi connectivity index (χ4v) is 5.19. The average Bonchev–Trinajstić information content (AvgIpc) is 3.33. The van der Waals surface area contributed by atoms with Crippen LogP contribution in [-0.2, 0) is 9.59 Å². The van der Waals surface area contributed by atoms with Crippen LogP contribution in [0.5, 0.6) is 0 Å². The van der Waals surface area contributed by atoms with Gasteiger partial charge in [0.2, 0.25) is 5.91 Å². The summed E-state index contributed by atoms with van der Waals surface area (Å²) in [6.45, 7) is 1.21. The number of carbonyl (C=O) groups excluding carboxylic acids is 2. The Morgan fingerprint density at radius 3 is 2.44 bits per heavy atom. The van der Waals surface area contributed by atoms with Gasteiger partial charge in [-0.25, -0.2) is 9.58 Å². The van der Waals surface area contributed by atoms with Crippen LogP contribution in [-0.4, -0.2) is 40.7 Å². The van der Waals surface area contributed by atoms with E-state index in [-0.39, 0.29) is 25.6 Å². The molecule has 0 unspecified atom stereocenters. The number of thiocarbonyl (C=S) groups is 1. The zero-order chi connectivity index (χ0) is 26.3. The van der Waals surface area contributed by atoms with Crippen LogP contribution in [0.15, 0.2) is 47.5 Å². The molecule has 0 radical (unpaired) electrons. The summed E-state index contributed by atoms with van der Waals surface area (Å²) in [7, 11) is 0. The van der Waals surface area contributed by atoms with Crippen molar-refractivity contribution in [3.05, 3.63) is 83.3 Å². The number of nitro groups is 2. The predicted molar refractivity (Wildman–Crippen MR) is 138 cm³/mol. The van der Waals surface area contributed by atoms with Crippen LogP contribution in [0.4, 0.5) is 11.4 Å². The van der Waals surface area contributed by atoms with E-state index in [0.29, 0.717) is 16.1 Å². The molecule has 0 atom stereocenters. The summed E-state index contributed by atoms with van der Waals surface area (Å²) in [6, 6.07) is 7.75. The van der Waals surface area contributed by atoms with Gasteiger partial charge in [-0.3, -0.25) is 29.8 Å². The van der Waals surface area contributed by atoms with E-state index in [1.165, 1.54) is 31.3 Å². The van der Waals surface area contributed by atoms with E-state index in [1.54, 1.807) is 12.1 Å². The fraction of sp³-hybridized carbons (Fsp3) is 0.0476. The van der Waals surface area contributed by atoms with Gasteiger partial charge in [0.1, 0.15) is 11.4 Å². The third-order valence-electron chi connectivity index (χ3n) is 4.94. The molecular weight excluding hydrogens is 553 g/mol. The predicted octanol–water partition coefficient (Wildman–Crippen LogP) is 5.41. The lowest BCUT2D eigenvalue weighted by molar-refractivity contribution is -0.394. The second-order valence-corrected chi connectivity index (χ2v) is 9.74. The third-order valence-corrected chi connectivity index (χ3v) is 6.79. The van der Waals surface area contributed by atoms with Gasteiger partial charge in [0, 0.05) is 35.3 Å². The van der Waals surface area contributed by atoms with Gasteiger partial charge in [-0.2, -0.15) is 5.10 Å². The van der Waals surface area contributed by atoms with Crippen molar-refractivity contribution in [3.8, 4) is 16.9 Å². The van der Waals surface area contributed by atoms with E-state index in [2.05, 4.69) is 5.10 Å². The second-order valence-electron chi connectivity index (χ2n) is 7.23. The molecule has 0 saturated carbocycles. The van der Waals surface area contributed by atoms with Gasteiger partial charge in [0.05, 0.1) is 25.8 Å². The van der Waals surface area contributed by atoms with Crippen molar-refractivity contribution >= 4 is 80.8 Å². The first-order valence-corrected chi connectivity index (χ1v) is 11.7. The molecule has 0 aliphatic carbocycles. The van der Waals surface area contributed by atoms with Crippen molar-refractivity contribution in [2.24, 2.45) is 0 Å². The fourth-order valence-electron chi connectivity index (χ4n) is 3.35. The van der Waals surface area contributed by atoms with Crippen LogP contribution in [0.2, 0.25) is 10.0 Å². The molecular formula is C21H11Cl2N5O6S2. The smallest absolute Gasteiger partial charge is 0.274 e. The van der Waals surface area contributed by atoms with E-state index in [1.807, 2.05) is 0 Å². The highest BCUT2D eigenvalue weighted by atomic mass is 35.5. The van der Waals surface area contributed by atoms with Crippen molar-refractivity contribution in [1.82, 2.24) is 14.7 Å². The Balaban J connectivity index is 1.93. The monoisotopic (exact) mass is 563 g/mol. The van der Waals surface area contributed by atoms with Crippen molar-refractivity contribution < 1.29 is 19.4 Å². The van der Waals surface area contributed by atoms with Gasteiger partial charge in [0.25, 0.3) is 11.6 Å². The molecule has 0 N–H and O–H groups in total. The van der Waals surface area contributed by atoms with Crippen LogP contribution in [0.25, 0.3) is 23.0 Å². The van der Waals surface area contributed by atoms with Crippen LogP contribution in [0.1, 0.15) is 12.5 Å². The number of thioether (sulfide) groups is 1. The molecule has 1 aliphatic heterocycles. The van der Waals surface area contributed by atoms with E-state index in [4.69, 9.17) is 35.4 Å². The van der Waals surface area contributed by atoms with Gasteiger partial charge in [0.15, 0.2) is 4.32 Å². The molecule has 182 valence electrons. The van der Waals surface area contributed by atoms with Crippen molar-refractivity contribution in [2.75, 3.05) is 0 Å². The maximum atomic E-state index is 12.7. The van der Waals surface area contributed by atoms with Crippen LogP contribution < -0.4 is 0 Å². The summed E-state index contributed by atoms with van der Waals surface area (Å²) in [4.78, 5) is 46.8. The van der Waals surface area contributed by atoms with Crippen molar-refractivity contribution in [2.45, 2.75) is 6.92 Å². The maximum absolute atomic E-state index is 12.7. The first-order valence-electron chi connectivity index (χ1n) is 9.74. The van der Waals surface area contributed by atoms with E-state index in [9.17, 15) is 29.8 Å².